The summed E-state index contributed by atoms with van der Waals surface area (Å²) in [6, 6.07) is 9.22. The van der Waals surface area contributed by atoms with Crippen molar-refractivity contribution in [3.63, 3.8) is 0 Å². The number of primary amides is 1. The number of anilines is 2. The van der Waals surface area contributed by atoms with Gasteiger partial charge >= 0.3 is 12.1 Å². The van der Waals surface area contributed by atoms with Crippen LogP contribution in [0.5, 0.6) is 5.75 Å². The maximum atomic E-state index is 13.9. The van der Waals surface area contributed by atoms with E-state index in [1.54, 1.807) is 6.07 Å². The molecule has 0 saturated heterocycles. The fourth-order valence-corrected chi connectivity index (χ4v) is 3.72. The second-order valence-electron chi connectivity index (χ2n) is 8.22. The number of carbonyl (C=O) groups excluding carboxylic acids is 3. The Labute approximate surface area is 223 Å². The van der Waals surface area contributed by atoms with Crippen molar-refractivity contribution in [2.24, 2.45) is 5.73 Å². The third-order valence-corrected chi connectivity index (χ3v) is 5.46. The first kappa shape index (κ1) is 28.9. The number of aromatic hydroxyl groups is 1. The molecule has 0 bridgehead atoms. The number of hydrogen-bond acceptors (Lipinski definition) is 7. The third-order valence-electron chi connectivity index (χ3n) is 5.46. The van der Waals surface area contributed by atoms with Crippen LogP contribution in [0.1, 0.15) is 44.3 Å². The van der Waals surface area contributed by atoms with E-state index in [9.17, 15) is 42.6 Å². The summed E-state index contributed by atoms with van der Waals surface area (Å²) in [6.45, 7) is 1.10. The Hall–Kier alpha value is -5.71. The minimum absolute atomic E-state index is 0.0202. The Morgan fingerprint density at radius 2 is 1.62 bits per heavy atom. The quantitative estimate of drug-likeness (QED) is 0.239. The van der Waals surface area contributed by atoms with Crippen LogP contribution in [0, 0.1) is 16.7 Å². The Bertz CT molecular complexity index is 1640. The van der Waals surface area contributed by atoms with Gasteiger partial charge < -0.3 is 26.6 Å². The minimum atomic E-state index is -4.97. The summed E-state index contributed by atoms with van der Waals surface area (Å²) in [5, 5.41) is 41.5. The zero-order valence-electron chi connectivity index (χ0n) is 20.3. The van der Waals surface area contributed by atoms with Crippen LogP contribution in [-0.4, -0.2) is 39.6 Å². The normalized spacial score (nSPS) is 10.8. The van der Waals surface area contributed by atoms with Gasteiger partial charge in [-0.3, -0.25) is 19.8 Å². The molecule has 0 unspecified atom stereocenters. The van der Waals surface area contributed by atoms with Gasteiger partial charge in [-0.1, -0.05) is 6.07 Å². The number of alkyl halides is 3. The molecule has 0 radical (unpaired) electrons. The second-order valence-corrected chi connectivity index (χ2v) is 8.22. The average molecular weight is 553 g/mol. The Kier molecular flexibility index (Phi) is 7.90. The third kappa shape index (κ3) is 6.05. The van der Waals surface area contributed by atoms with Crippen molar-refractivity contribution in [1.29, 1.82) is 10.7 Å². The van der Waals surface area contributed by atoms with E-state index in [1.807, 2.05) is 0 Å². The van der Waals surface area contributed by atoms with Gasteiger partial charge in [-0.25, -0.2) is 4.79 Å². The van der Waals surface area contributed by atoms with Crippen LogP contribution in [-0.2, 0) is 15.8 Å². The standard InChI is InChI=1S/C26H18F3N5O6/c1-11(35)33-13-3-4-14(19(7-13)26(27,28)29)15-9-21(36)18(8-16(15)23(32)37)22(31)24(38)34-20-5-2-12(10-30)6-17(20)25(39)40/h2-9,31,36H,1H3,(H2,32,37)(H,33,35)(H,34,38)(H,39,40). The van der Waals surface area contributed by atoms with Gasteiger partial charge in [0.25, 0.3) is 5.91 Å². The lowest BCUT2D eigenvalue weighted by Crippen LogP contribution is -2.25. The Balaban J connectivity index is 2.09. The number of nitriles is 1. The first-order valence-corrected chi connectivity index (χ1v) is 11.0. The number of benzene rings is 3. The lowest BCUT2D eigenvalue weighted by atomic mass is 9.91. The number of carbonyl (C=O) groups is 4. The largest absolute Gasteiger partial charge is 0.507 e. The van der Waals surface area contributed by atoms with E-state index in [2.05, 4.69) is 10.6 Å². The van der Waals surface area contributed by atoms with Crippen molar-refractivity contribution in [1.82, 2.24) is 0 Å². The van der Waals surface area contributed by atoms with E-state index in [0.717, 1.165) is 43.3 Å². The van der Waals surface area contributed by atoms with Gasteiger partial charge in [-0.2, -0.15) is 18.4 Å². The number of aromatic carboxylic acids is 1. The molecule has 14 heteroatoms. The molecule has 0 aliphatic carbocycles. The zero-order valence-corrected chi connectivity index (χ0v) is 20.3. The van der Waals surface area contributed by atoms with Gasteiger partial charge in [-0.15, -0.1) is 0 Å². The monoisotopic (exact) mass is 553 g/mol. The van der Waals surface area contributed by atoms with Crippen LogP contribution < -0.4 is 16.4 Å². The van der Waals surface area contributed by atoms with Crippen molar-refractivity contribution >= 4 is 40.8 Å². The number of nitrogens with two attached hydrogens (primary N) is 1. The SMILES string of the molecule is CC(=O)Nc1ccc(-c2cc(O)c(C(=N)C(=O)Nc3ccc(C#N)cc3C(=O)O)cc2C(N)=O)c(C(F)(F)F)c1. The zero-order chi connectivity index (χ0) is 29.9. The van der Waals surface area contributed by atoms with Crippen molar-refractivity contribution in [2.45, 2.75) is 13.1 Å². The van der Waals surface area contributed by atoms with Crippen LogP contribution in [0.2, 0.25) is 0 Å². The molecule has 0 aromatic heterocycles. The van der Waals surface area contributed by atoms with Gasteiger partial charge in [0.1, 0.15) is 11.5 Å². The number of phenols is 1. The molecule has 3 aromatic rings. The van der Waals surface area contributed by atoms with Gasteiger partial charge in [-0.05, 0) is 53.6 Å². The van der Waals surface area contributed by atoms with Crippen LogP contribution in [0.25, 0.3) is 11.1 Å². The molecule has 3 aromatic carbocycles. The highest BCUT2D eigenvalue weighted by atomic mass is 19.4. The topological polar surface area (TPSA) is 206 Å². The average Bonchev–Trinajstić information content (AvgIpc) is 2.87. The van der Waals surface area contributed by atoms with E-state index in [1.165, 1.54) is 6.07 Å². The molecule has 7 N–H and O–H groups in total. The van der Waals surface area contributed by atoms with E-state index >= 15 is 0 Å². The van der Waals surface area contributed by atoms with Crippen molar-refractivity contribution in [2.75, 3.05) is 10.6 Å². The highest BCUT2D eigenvalue weighted by Crippen LogP contribution is 2.41. The summed E-state index contributed by atoms with van der Waals surface area (Å²) < 4.78 is 41.7. The van der Waals surface area contributed by atoms with Crippen molar-refractivity contribution < 1.29 is 42.6 Å². The molecule has 0 atom stereocenters. The number of hydrogen-bond donors (Lipinski definition) is 6. The Morgan fingerprint density at radius 3 is 2.17 bits per heavy atom. The highest BCUT2D eigenvalue weighted by molar-refractivity contribution is 6.48. The van der Waals surface area contributed by atoms with Crippen LogP contribution >= 0.6 is 0 Å². The molecular weight excluding hydrogens is 535 g/mol. The van der Waals surface area contributed by atoms with Gasteiger partial charge in [0.15, 0.2) is 0 Å². The number of rotatable bonds is 7. The molecule has 11 nitrogen and oxygen atoms in total. The summed E-state index contributed by atoms with van der Waals surface area (Å²) in [5.74, 6) is -5.48. The molecular formula is C26H18F3N5O6. The molecule has 3 amide bonds. The summed E-state index contributed by atoms with van der Waals surface area (Å²) >= 11 is 0. The van der Waals surface area contributed by atoms with Crippen LogP contribution in [0.4, 0.5) is 24.5 Å². The van der Waals surface area contributed by atoms with E-state index < -0.39 is 74.7 Å². The Morgan fingerprint density at radius 1 is 0.950 bits per heavy atom. The predicted molar refractivity (Wildman–Crippen MR) is 135 cm³/mol. The molecule has 0 aliphatic heterocycles. The number of amides is 3. The first-order valence-electron chi connectivity index (χ1n) is 11.0. The summed E-state index contributed by atoms with van der Waals surface area (Å²) in [5.41, 5.74) is -0.0674. The number of carboxylic acid groups (broad SMARTS) is 1. The van der Waals surface area contributed by atoms with E-state index in [4.69, 9.17) is 16.4 Å². The van der Waals surface area contributed by atoms with E-state index in [-0.39, 0.29) is 16.9 Å². The number of phenolic OH excluding ortho intramolecular Hbond substituents is 1. The lowest BCUT2D eigenvalue weighted by molar-refractivity contribution is -0.137. The van der Waals surface area contributed by atoms with Crippen molar-refractivity contribution in [3.8, 4) is 22.9 Å². The molecule has 204 valence electrons. The fraction of sp³-hybridized carbons (Fsp3) is 0.0769. The van der Waals surface area contributed by atoms with E-state index in [0.29, 0.717) is 6.07 Å². The van der Waals surface area contributed by atoms with Gasteiger partial charge in [0, 0.05) is 23.7 Å². The molecule has 0 saturated carbocycles. The molecule has 0 fully saturated rings. The smallest absolute Gasteiger partial charge is 0.417 e. The predicted octanol–water partition coefficient (Wildman–Crippen LogP) is 3.71. The van der Waals surface area contributed by atoms with Gasteiger partial charge in [0.05, 0.1) is 28.4 Å². The number of nitrogens with one attached hydrogen (secondary N) is 3. The summed E-state index contributed by atoms with van der Waals surface area (Å²) in [4.78, 5) is 47.8. The van der Waals surface area contributed by atoms with Gasteiger partial charge in [0.2, 0.25) is 11.8 Å². The first-order chi connectivity index (χ1) is 18.6. The van der Waals surface area contributed by atoms with Crippen LogP contribution in [0.3, 0.4) is 0 Å². The highest BCUT2D eigenvalue weighted by Gasteiger charge is 2.35. The molecule has 0 heterocycles. The summed E-state index contributed by atoms with van der Waals surface area (Å²) in [6.07, 6.45) is -4.97. The molecule has 40 heavy (non-hydrogen) atoms. The fourth-order valence-electron chi connectivity index (χ4n) is 3.72. The number of halogens is 3. The summed E-state index contributed by atoms with van der Waals surface area (Å²) in [7, 11) is 0. The number of nitrogens with zero attached hydrogens (tertiary/aromatic N) is 1. The maximum Gasteiger partial charge on any atom is 0.417 e. The molecule has 0 spiro atoms. The lowest BCUT2D eigenvalue weighted by Gasteiger charge is -2.18. The second kappa shape index (κ2) is 11.0. The molecule has 0 aliphatic rings. The minimum Gasteiger partial charge on any atom is -0.507 e. The van der Waals surface area contributed by atoms with Crippen LogP contribution in [0.15, 0.2) is 48.5 Å². The number of carboxylic acids is 1. The van der Waals surface area contributed by atoms with Crippen molar-refractivity contribution in [3.05, 3.63) is 76.3 Å². The maximum absolute atomic E-state index is 13.9. The molecule has 3 rings (SSSR count).